The Morgan fingerprint density at radius 1 is 1.45 bits per heavy atom. The fourth-order valence-corrected chi connectivity index (χ4v) is 4.19. The first-order chi connectivity index (χ1) is 9.94. The Morgan fingerprint density at radius 2 is 2.18 bits per heavy atom. The summed E-state index contributed by atoms with van der Waals surface area (Å²) in [6.45, 7) is 3.67. The Balaban J connectivity index is 0.00000242. The molecule has 0 aromatic heterocycles. The molecule has 22 heavy (non-hydrogen) atoms. The molecule has 0 spiro atoms. The van der Waals surface area contributed by atoms with Gasteiger partial charge in [0.1, 0.15) is 0 Å². The molecule has 1 aromatic carbocycles. The molecule has 124 valence electrons. The first kappa shape index (κ1) is 18.9. The quantitative estimate of drug-likeness (QED) is 0.822. The van der Waals surface area contributed by atoms with Gasteiger partial charge in [0, 0.05) is 25.7 Å². The molecule has 6 nitrogen and oxygen atoms in total. The molecule has 1 N–H and O–H groups in total. The lowest BCUT2D eigenvalue weighted by Gasteiger charge is -2.32. The molecule has 1 aromatic rings. The maximum atomic E-state index is 12.5. The van der Waals surface area contributed by atoms with Crippen LogP contribution < -0.4 is 5.32 Å². The Bertz CT molecular complexity index is 621. The van der Waals surface area contributed by atoms with Crippen LogP contribution in [0.3, 0.4) is 0 Å². The van der Waals surface area contributed by atoms with Gasteiger partial charge in [-0.25, -0.2) is 13.2 Å². The van der Waals surface area contributed by atoms with Crippen LogP contribution in [-0.2, 0) is 20.5 Å². The Kier molecular flexibility index (Phi) is 6.80. The van der Waals surface area contributed by atoms with Crippen LogP contribution in [0.5, 0.6) is 0 Å². The molecular weight excluding hydrogens is 328 g/mol. The van der Waals surface area contributed by atoms with Gasteiger partial charge in [0.25, 0.3) is 0 Å². The van der Waals surface area contributed by atoms with Crippen molar-refractivity contribution in [3.63, 3.8) is 0 Å². The molecule has 8 heteroatoms. The Labute approximate surface area is 137 Å². The number of ether oxygens (including phenoxy) is 1. The number of piperazine rings is 1. The number of carbonyl (C=O) groups is 1. The number of esters is 1. The van der Waals surface area contributed by atoms with Crippen molar-refractivity contribution in [1.29, 1.82) is 0 Å². The van der Waals surface area contributed by atoms with Crippen LogP contribution in [0, 0.1) is 0 Å². The number of benzene rings is 1. The second-order valence-electron chi connectivity index (χ2n) is 5.11. The van der Waals surface area contributed by atoms with Gasteiger partial charge in [-0.15, -0.1) is 12.4 Å². The van der Waals surface area contributed by atoms with E-state index < -0.39 is 16.0 Å². The average Bonchev–Trinajstić information content (AvgIpc) is 2.46. The lowest BCUT2D eigenvalue weighted by molar-refractivity contribution is 0.0600. The van der Waals surface area contributed by atoms with E-state index in [4.69, 9.17) is 0 Å². The lowest BCUT2D eigenvalue weighted by atomic mass is 10.1. The summed E-state index contributed by atoms with van der Waals surface area (Å²) in [4.78, 5) is 11.5. The Morgan fingerprint density at radius 3 is 2.82 bits per heavy atom. The second kappa shape index (κ2) is 7.92. The monoisotopic (exact) mass is 348 g/mol. The van der Waals surface area contributed by atoms with Crippen LogP contribution in [-0.4, -0.2) is 51.5 Å². The molecular formula is C14H21ClN2O4S. The summed E-state index contributed by atoms with van der Waals surface area (Å²) in [6.07, 6.45) is 0. The third-order valence-corrected chi connectivity index (χ3v) is 5.45. The highest BCUT2D eigenvalue weighted by Crippen LogP contribution is 2.16. The first-order valence-corrected chi connectivity index (χ1v) is 8.42. The molecule has 0 radical (unpaired) electrons. The molecule has 1 atom stereocenters. The van der Waals surface area contributed by atoms with Gasteiger partial charge in [0.2, 0.25) is 10.0 Å². The van der Waals surface area contributed by atoms with E-state index in [0.717, 1.165) is 0 Å². The van der Waals surface area contributed by atoms with Gasteiger partial charge in [-0.2, -0.15) is 4.31 Å². The smallest absolute Gasteiger partial charge is 0.337 e. The normalized spacial score (nSPS) is 19.3. The molecule has 0 unspecified atom stereocenters. The van der Waals surface area contributed by atoms with E-state index in [-0.39, 0.29) is 24.2 Å². The molecule has 1 aliphatic heterocycles. The molecule has 1 fully saturated rings. The first-order valence-electron chi connectivity index (χ1n) is 6.81. The van der Waals surface area contributed by atoms with Gasteiger partial charge in [0.15, 0.2) is 0 Å². The molecule has 0 aliphatic carbocycles. The maximum Gasteiger partial charge on any atom is 0.337 e. The van der Waals surface area contributed by atoms with Crippen molar-refractivity contribution in [2.75, 3.05) is 26.7 Å². The molecule has 1 saturated heterocycles. The average molecular weight is 349 g/mol. The summed E-state index contributed by atoms with van der Waals surface area (Å²) < 4.78 is 31.2. The van der Waals surface area contributed by atoms with E-state index >= 15 is 0 Å². The molecule has 0 amide bonds. The summed E-state index contributed by atoms with van der Waals surface area (Å²) in [5.41, 5.74) is 0.946. The van der Waals surface area contributed by atoms with Crippen molar-refractivity contribution in [1.82, 2.24) is 9.62 Å². The van der Waals surface area contributed by atoms with Crippen molar-refractivity contribution < 1.29 is 17.9 Å². The standard InChI is InChI=1S/C14H20N2O4S.ClH/c1-11-9-15-6-7-16(11)21(18,19)10-12-4-3-5-13(8-12)14(17)20-2;/h3-5,8,11,15H,6-7,9-10H2,1-2H3;1H/t11-;/m0./s1. The minimum Gasteiger partial charge on any atom is -0.465 e. The number of halogens is 1. The minimum absolute atomic E-state index is 0. The minimum atomic E-state index is -3.39. The topological polar surface area (TPSA) is 75.7 Å². The van der Waals surface area contributed by atoms with Crippen molar-refractivity contribution in [3.05, 3.63) is 35.4 Å². The van der Waals surface area contributed by atoms with E-state index in [1.165, 1.54) is 11.4 Å². The van der Waals surface area contributed by atoms with Gasteiger partial charge >= 0.3 is 5.97 Å². The summed E-state index contributed by atoms with van der Waals surface area (Å²) in [5, 5.41) is 3.16. The third-order valence-electron chi connectivity index (χ3n) is 3.49. The predicted octanol–water partition coefficient (Wildman–Crippen LogP) is 1.02. The van der Waals surface area contributed by atoms with Gasteiger partial charge in [-0.3, -0.25) is 0 Å². The molecule has 0 saturated carbocycles. The highest BCUT2D eigenvalue weighted by molar-refractivity contribution is 7.88. The van der Waals surface area contributed by atoms with Gasteiger partial charge in [-0.05, 0) is 24.6 Å². The van der Waals surface area contributed by atoms with E-state index in [2.05, 4.69) is 10.1 Å². The fourth-order valence-electron chi connectivity index (χ4n) is 2.44. The van der Waals surface area contributed by atoms with Crippen LogP contribution in [0.15, 0.2) is 24.3 Å². The van der Waals surface area contributed by atoms with Crippen LogP contribution in [0.4, 0.5) is 0 Å². The highest BCUT2D eigenvalue weighted by atomic mass is 35.5. The third kappa shape index (κ3) is 4.42. The number of hydrogen-bond donors (Lipinski definition) is 1. The molecule has 1 heterocycles. The van der Waals surface area contributed by atoms with E-state index in [1.54, 1.807) is 24.3 Å². The SMILES string of the molecule is COC(=O)c1cccc(CS(=O)(=O)N2CCNC[C@@H]2C)c1.Cl. The van der Waals surface area contributed by atoms with Crippen molar-refractivity contribution >= 4 is 28.4 Å². The molecule has 0 bridgehead atoms. The summed E-state index contributed by atoms with van der Waals surface area (Å²) in [5.74, 6) is -0.577. The molecule has 1 aliphatic rings. The number of carbonyl (C=O) groups excluding carboxylic acids is 1. The van der Waals surface area contributed by atoms with E-state index in [1.807, 2.05) is 6.92 Å². The zero-order valence-corrected chi connectivity index (χ0v) is 14.2. The number of nitrogens with one attached hydrogen (secondary N) is 1. The maximum absolute atomic E-state index is 12.5. The fraction of sp³-hybridized carbons (Fsp3) is 0.500. The largest absolute Gasteiger partial charge is 0.465 e. The van der Waals surface area contributed by atoms with Crippen LogP contribution in [0.1, 0.15) is 22.8 Å². The number of hydrogen-bond acceptors (Lipinski definition) is 5. The van der Waals surface area contributed by atoms with Crippen molar-refractivity contribution in [2.45, 2.75) is 18.7 Å². The van der Waals surface area contributed by atoms with E-state index in [9.17, 15) is 13.2 Å². The number of nitrogens with zero attached hydrogens (tertiary/aromatic N) is 1. The number of methoxy groups -OCH3 is 1. The van der Waals surface area contributed by atoms with Gasteiger partial charge in [-0.1, -0.05) is 12.1 Å². The lowest BCUT2D eigenvalue weighted by Crippen LogP contribution is -2.52. The highest BCUT2D eigenvalue weighted by Gasteiger charge is 2.29. The summed E-state index contributed by atoms with van der Waals surface area (Å²) in [7, 11) is -2.09. The van der Waals surface area contributed by atoms with Crippen molar-refractivity contribution in [3.8, 4) is 0 Å². The van der Waals surface area contributed by atoms with E-state index in [0.29, 0.717) is 30.8 Å². The zero-order valence-electron chi connectivity index (χ0n) is 12.6. The summed E-state index contributed by atoms with van der Waals surface area (Å²) >= 11 is 0. The Hall–Kier alpha value is -1.15. The number of rotatable bonds is 4. The number of sulfonamides is 1. The summed E-state index contributed by atoms with van der Waals surface area (Å²) in [6, 6.07) is 6.48. The molecule has 2 rings (SSSR count). The zero-order chi connectivity index (χ0) is 15.5. The van der Waals surface area contributed by atoms with Crippen LogP contribution >= 0.6 is 12.4 Å². The van der Waals surface area contributed by atoms with Crippen molar-refractivity contribution in [2.24, 2.45) is 0 Å². The van der Waals surface area contributed by atoms with Crippen LogP contribution in [0.2, 0.25) is 0 Å². The van der Waals surface area contributed by atoms with Gasteiger partial charge < -0.3 is 10.1 Å². The van der Waals surface area contributed by atoms with Crippen LogP contribution in [0.25, 0.3) is 0 Å². The second-order valence-corrected chi connectivity index (χ2v) is 7.03. The van der Waals surface area contributed by atoms with Gasteiger partial charge in [0.05, 0.1) is 18.4 Å². The predicted molar refractivity (Wildman–Crippen MR) is 86.7 cm³/mol.